The van der Waals surface area contributed by atoms with E-state index < -0.39 is 11.2 Å². The zero-order valence-electron chi connectivity index (χ0n) is 16.5. The Balaban J connectivity index is 1.59. The number of nitrogens with one attached hydrogen (secondary N) is 1. The Morgan fingerprint density at radius 3 is 2.77 bits per heavy atom. The lowest BCUT2D eigenvalue weighted by atomic mass is 10.1. The van der Waals surface area contributed by atoms with Crippen molar-refractivity contribution in [2.45, 2.75) is 13.0 Å². The quantitative estimate of drug-likeness (QED) is 0.313. The van der Waals surface area contributed by atoms with Crippen LogP contribution < -0.4 is 22.7 Å². The zero-order chi connectivity index (χ0) is 21.4. The van der Waals surface area contributed by atoms with Gasteiger partial charge in [-0.3, -0.25) is 13.9 Å². The SMILES string of the molecule is Cn1c(N=C(N)c2nnn(CCc3c[nH]c4ccccc34)c2N)cc(=O)n(C)c1=O. The largest absolute Gasteiger partial charge is 0.382 e. The molecule has 0 bridgehead atoms. The van der Waals surface area contributed by atoms with E-state index in [1.807, 2.05) is 24.4 Å². The lowest BCUT2D eigenvalue weighted by Crippen LogP contribution is -2.36. The number of nitrogen functional groups attached to an aromatic ring is 1. The van der Waals surface area contributed by atoms with E-state index in [1.165, 1.54) is 24.7 Å². The van der Waals surface area contributed by atoms with E-state index in [0.29, 0.717) is 13.0 Å². The first-order valence-corrected chi connectivity index (χ1v) is 9.22. The maximum Gasteiger partial charge on any atom is 0.332 e. The molecule has 11 nitrogen and oxygen atoms in total. The molecule has 1 aromatic carbocycles. The Hall–Kier alpha value is -4.15. The first kappa shape index (κ1) is 19.2. The molecule has 0 radical (unpaired) electrons. The van der Waals surface area contributed by atoms with Crippen molar-refractivity contribution < 1.29 is 0 Å². The molecular formula is C19H21N9O2. The number of nitrogens with zero attached hydrogens (tertiary/aromatic N) is 6. The molecule has 0 saturated carbocycles. The Bertz CT molecular complexity index is 1390. The van der Waals surface area contributed by atoms with Gasteiger partial charge in [0.1, 0.15) is 5.82 Å². The second-order valence-corrected chi connectivity index (χ2v) is 6.89. The second-order valence-electron chi connectivity index (χ2n) is 6.89. The number of benzene rings is 1. The molecule has 11 heteroatoms. The molecule has 3 heterocycles. The van der Waals surface area contributed by atoms with Gasteiger partial charge in [-0.25, -0.2) is 14.5 Å². The van der Waals surface area contributed by atoms with Gasteiger partial charge < -0.3 is 16.5 Å². The van der Waals surface area contributed by atoms with Crippen LogP contribution >= 0.6 is 0 Å². The predicted octanol–water partition coefficient (Wildman–Crippen LogP) is 0.0187. The van der Waals surface area contributed by atoms with Crippen molar-refractivity contribution in [2.75, 3.05) is 5.73 Å². The Morgan fingerprint density at radius 1 is 1.20 bits per heavy atom. The van der Waals surface area contributed by atoms with Crippen molar-refractivity contribution in [1.29, 1.82) is 0 Å². The van der Waals surface area contributed by atoms with Crippen LogP contribution in [-0.4, -0.2) is 34.9 Å². The summed E-state index contributed by atoms with van der Waals surface area (Å²) >= 11 is 0. The minimum Gasteiger partial charge on any atom is -0.382 e. The van der Waals surface area contributed by atoms with E-state index in [0.717, 1.165) is 21.0 Å². The fourth-order valence-electron chi connectivity index (χ4n) is 3.24. The molecule has 3 aromatic heterocycles. The predicted molar refractivity (Wildman–Crippen MR) is 114 cm³/mol. The van der Waals surface area contributed by atoms with Gasteiger partial charge in [0.25, 0.3) is 5.56 Å². The lowest BCUT2D eigenvalue weighted by Gasteiger charge is -2.06. The molecule has 4 aromatic rings. The average molecular weight is 407 g/mol. The number of para-hydroxylation sites is 1. The molecule has 4 rings (SSSR count). The van der Waals surface area contributed by atoms with Crippen LogP contribution in [0.1, 0.15) is 11.3 Å². The number of rotatable bonds is 5. The standard InChI is InChI=1S/C19H21N9O2/c1-26-14(9-15(29)27(2)19(26)30)23-17(20)16-18(21)28(25-24-16)8-7-11-10-22-13-6-4-3-5-12(11)13/h3-6,9-10,22H,7-8,21H2,1-2H3,(H2,20,23). The van der Waals surface area contributed by atoms with Gasteiger partial charge in [0, 0.05) is 43.8 Å². The van der Waals surface area contributed by atoms with Crippen molar-refractivity contribution >= 4 is 28.4 Å². The van der Waals surface area contributed by atoms with E-state index in [9.17, 15) is 9.59 Å². The molecule has 0 aliphatic heterocycles. The van der Waals surface area contributed by atoms with Gasteiger partial charge in [-0.15, -0.1) is 5.10 Å². The number of nitrogens with two attached hydrogens (primary N) is 2. The molecule has 0 aliphatic carbocycles. The van der Waals surface area contributed by atoms with Gasteiger partial charge in [0.05, 0.1) is 0 Å². The van der Waals surface area contributed by atoms with Crippen LogP contribution in [0.15, 0.2) is 51.1 Å². The van der Waals surface area contributed by atoms with Crippen LogP contribution in [0.3, 0.4) is 0 Å². The molecular weight excluding hydrogens is 386 g/mol. The molecule has 0 amide bonds. The van der Waals surface area contributed by atoms with Gasteiger partial charge in [0.15, 0.2) is 17.3 Å². The monoisotopic (exact) mass is 407 g/mol. The van der Waals surface area contributed by atoms with E-state index >= 15 is 0 Å². The van der Waals surface area contributed by atoms with Crippen LogP contribution in [0.5, 0.6) is 0 Å². The van der Waals surface area contributed by atoms with Crippen molar-refractivity contribution in [3.63, 3.8) is 0 Å². The number of aliphatic imine (C=N–C) groups is 1. The Morgan fingerprint density at radius 2 is 1.97 bits per heavy atom. The van der Waals surface area contributed by atoms with Gasteiger partial charge in [0.2, 0.25) is 0 Å². The molecule has 0 aliphatic rings. The van der Waals surface area contributed by atoms with Crippen LogP contribution in [-0.2, 0) is 27.1 Å². The molecule has 5 N–H and O–H groups in total. The summed E-state index contributed by atoms with van der Waals surface area (Å²) in [4.78, 5) is 31.3. The van der Waals surface area contributed by atoms with Crippen LogP contribution in [0.25, 0.3) is 10.9 Å². The summed E-state index contributed by atoms with van der Waals surface area (Å²) in [6, 6.07) is 9.25. The van der Waals surface area contributed by atoms with Gasteiger partial charge >= 0.3 is 5.69 Å². The highest BCUT2D eigenvalue weighted by molar-refractivity contribution is 6.00. The van der Waals surface area contributed by atoms with Gasteiger partial charge in [-0.2, -0.15) is 0 Å². The number of fused-ring (bicyclic) bond motifs is 1. The summed E-state index contributed by atoms with van der Waals surface area (Å²) in [6.45, 7) is 0.498. The number of hydrogen-bond acceptors (Lipinski definition) is 6. The maximum absolute atomic E-state index is 12.0. The van der Waals surface area contributed by atoms with Crippen molar-refractivity contribution in [2.24, 2.45) is 24.8 Å². The third kappa shape index (κ3) is 3.26. The van der Waals surface area contributed by atoms with Crippen LogP contribution in [0.2, 0.25) is 0 Å². The first-order valence-electron chi connectivity index (χ1n) is 9.22. The zero-order valence-corrected chi connectivity index (χ0v) is 16.5. The van der Waals surface area contributed by atoms with Crippen molar-refractivity contribution in [3.8, 4) is 0 Å². The number of anilines is 1. The maximum atomic E-state index is 12.0. The fourth-order valence-corrected chi connectivity index (χ4v) is 3.24. The summed E-state index contributed by atoms with van der Waals surface area (Å²) in [5, 5.41) is 9.23. The normalized spacial score (nSPS) is 12.0. The van der Waals surface area contributed by atoms with Crippen LogP contribution in [0, 0.1) is 0 Å². The van der Waals surface area contributed by atoms with Crippen molar-refractivity contribution in [3.05, 3.63) is 68.6 Å². The van der Waals surface area contributed by atoms with E-state index in [2.05, 4.69) is 26.4 Å². The smallest absolute Gasteiger partial charge is 0.332 e. The van der Waals surface area contributed by atoms with Gasteiger partial charge in [-0.1, -0.05) is 23.4 Å². The lowest BCUT2D eigenvalue weighted by molar-refractivity contribution is 0.598. The first-order chi connectivity index (χ1) is 14.4. The number of hydrogen-bond donors (Lipinski definition) is 3. The minimum absolute atomic E-state index is 0.0332. The highest BCUT2D eigenvalue weighted by atomic mass is 16.2. The molecule has 154 valence electrons. The fraction of sp³-hybridized carbons (Fsp3) is 0.211. The minimum atomic E-state index is -0.510. The third-order valence-corrected chi connectivity index (χ3v) is 5.02. The number of aromatic nitrogens is 6. The molecule has 0 saturated heterocycles. The number of aryl methyl sites for hydroxylation is 2. The summed E-state index contributed by atoms with van der Waals surface area (Å²) in [5.41, 5.74) is 13.6. The molecule has 0 spiro atoms. The van der Waals surface area contributed by atoms with Gasteiger partial charge in [-0.05, 0) is 18.1 Å². The molecule has 0 fully saturated rings. The number of H-pyrrole nitrogens is 1. The average Bonchev–Trinajstić information content (AvgIpc) is 3.32. The summed E-state index contributed by atoms with van der Waals surface area (Å²) < 4.78 is 3.74. The Labute approximate surface area is 170 Å². The Kier molecular flexibility index (Phi) is 4.70. The van der Waals surface area contributed by atoms with E-state index in [-0.39, 0.29) is 23.2 Å². The summed E-state index contributed by atoms with van der Waals surface area (Å²) in [6.07, 6.45) is 2.65. The van der Waals surface area contributed by atoms with E-state index in [1.54, 1.807) is 4.68 Å². The van der Waals surface area contributed by atoms with Crippen molar-refractivity contribution in [1.82, 2.24) is 29.1 Å². The van der Waals surface area contributed by atoms with E-state index in [4.69, 9.17) is 11.5 Å². The number of aromatic amines is 1. The molecule has 0 unspecified atom stereocenters. The second kappa shape index (κ2) is 7.35. The summed E-state index contributed by atoms with van der Waals surface area (Å²) in [7, 11) is 2.88. The third-order valence-electron chi connectivity index (χ3n) is 5.02. The topological polar surface area (TPSA) is 155 Å². The number of amidine groups is 1. The highest BCUT2D eigenvalue weighted by Gasteiger charge is 2.15. The molecule has 0 atom stereocenters. The van der Waals surface area contributed by atoms with Crippen LogP contribution in [0.4, 0.5) is 11.6 Å². The summed E-state index contributed by atoms with van der Waals surface area (Å²) in [5.74, 6) is 0.326. The molecule has 30 heavy (non-hydrogen) atoms. The highest BCUT2D eigenvalue weighted by Crippen LogP contribution is 2.19.